The lowest BCUT2D eigenvalue weighted by Crippen LogP contribution is -2.23. The standard InChI is InChI=1S/C15H18N2O4/c1-11-8-14(17-21-11)15(18)16-10-12-4-3-5-13(9-12)20-7-6-19-2/h3-5,8-9H,6-7,10H2,1-2H3,(H,16,18). The van der Waals surface area contributed by atoms with Crippen molar-refractivity contribution < 1.29 is 18.8 Å². The van der Waals surface area contributed by atoms with Gasteiger partial charge in [-0.1, -0.05) is 17.3 Å². The number of nitrogens with one attached hydrogen (secondary N) is 1. The Kier molecular flexibility index (Phi) is 5.34. The van der Waals surface area contributed by atoms with Gasteiger partial charge >= 0.3 is 0 Å². The predicted molar refractivity (Wildman–Crippen MR) is 76.2 cm³/mol. The van der Waals surface area contributed by atoms with Gasteiger partial charge in [0.2, 0.25) is 0 Å². The first-order valence-corrected chi connectivity index (χ1v) is 6.61. The van der Waals surface area contributed by atoms with Crippen molar-refractivity contribution in [3.63, 3.8) is 0 Å². The van der Waals surface area contributed by atoms with E-state index >= 15 is 0 Å². The van der Waals surface area contributed by atoms with Crippen LogP contribution in [0.5, 0.6) is 5.75 Å². The molecule has 0 aliphatic heterocycles. The van der Waals surface area contributed by atoms with E-state index in [1.165, 1.54) is 0 Å². The van der Waals surface area contributed by atoms with Crippen LogP contribution >= 0.6 is 0 Å². The summed E-state index contributed by atoms with van der Waals surface area (Å²) in [5, 5.41) is 6.45. The van der Waals surface area contributed by atoms with Crippen molar-refractivity contribution in [2.75, 3.05) is 20.3 Å². The second-order valence-corrected chi connectivity index (χ2v) is 4.49. The second-order valence-electron chi connectivity index (χ2n) is 4.49. The maximum absolute atomic E-state index is 11.8. The lowest BCUT2D eigenvalue weighted by atomic mass is 10.2. The summed E-state index contributed by atoms with van der Waals surface area (Å²) in [4.78, 5) is 11.8. The number of benzene rings is 1. The van der Waals surface area contributed by atoms with Crippen LogP contribution in [0.1, 0.15) is 21.8 Å². The van der Waals surface area contributed by atoms with Gasteiger partial charge in [0.15, 0.2) is 5.69 Å². The van der Waals surface area contributed by atoms with E-state index in [2.05, 4.69) is 10.5 Å². The van der Waals surface area contributed by atoms with Gasteiger partial charge in [-0.3, -0.25) is 4.79 Å². The van der Waals surface area contributed by atoms with Crippen molar-refractivity contribution in [3.8, 4) is 5.75 Å². The van der Waals surface area contributed by atoms with Crippen LogP contribution in [0.2, 0.25) is 0 Å². The fourth-order valence-electron chi connectivity index (χ4n) is 1.73. The van der Waals surface area contributed by atoms with Crippen LogP contribution in [0, 0.1) is 6.92 Å². The third-order valence-electron chi connectivity index (χ3n) is 2.77. The van der Waals surface area contributed by atoms with Gasteiger partial charge in [0.25, 0.3) is 5.91 Å². The van der Waals surface area contributed by atoms with E-state index in [1.54, 1.807) is 20.1 Å². The van der Waals surface area contributed by atoms with Crippen molar-refractivity contribution in [3.05, 3.63) is 47.3 Å². The van der Waals surface area contributed by atoms with Crippen molar-refractivity contribution in [1.29, 1.82) is 0 Å². The summed E-state index contributed by atoms with van der Waals surface area (Å²) >= 11 is 0. The zero-order chi connectivity index (χ0) is 15.1. The molecular formula is C15H18N2O4. The summed E-state index contributed by atoms with van der Waals surface area (Å²) in [6, 6.07) is 9.13. The smallest absolute Gasteiger partial charge is 0.273 e. The highest BCUT2D eigenvalue weighted by Crippen LogP contribution is 2.13. The van der Waals surface area contributed by atoms with E-state index < -0.39 is 0 Å². The molecule has 1 N–H and O–H groups in total. The largest absolute Gasteiger partial charge is 0.491 e. The van der Waals surface area contributed by atoms with Crippen molar-refractivity contribution in [2.24, 2.45) is 0 Å². The Morgan fingerprint density at radius 2 is 2.19 bits per heavy atom. The first kappa shape index (κ1) is 15.1. The van der Waals surface area contributed by atoms with Crippen LogP contribution in [0.25, 0.3) is 0 Å². The number of aromatic nitrogens is 1. The number of nitrogens with zero attached hydrogens (tertiary/aromatic N) is 1. The molecular weight excluding hydrogens is 272 g/mol. The van der Waals surface area contributed by atoms with Crippen LogP contribution in [-0.2, 0) is 11.3 Å². The molecule has 1 aromatic heterocycles. The molecule has 112 valence electrons. The van der Waals surface area contributed by atoms with Gasteiger partial charge in [-0.15, -0.1) is 0 Å². The molecule has 0 spiro atoms. The fourth-order valence-corrected chi connectivity index (χ4v) is 1.73. The summed E-state index contributed by atoms with van der Waals surface area (Å²) in [5.74, 6) is 1.09. The average Bonchev–Trinajstić information content (AvgIpc) is 2.92. The van der Waals surface area contributed by atoms with Gasteiger partial charge in [-0.05, 0) is 24.6 Å². The topological polar surface area (TPSA) is 73.6 Å². The monoisotopic (exact) mass is 290 g/mol. The Hall–Kier alpha value is -2.34. The van der Waals surface area contributed by atoms with Crippen molar-refractivity contribution >= 4 is 5.91 Å². The molecule has 0 fully saturated rings. The minimum Gasteiger partial charge on any atom is -0.491 e. The van der Waals surface area contributed by atoms with E-state index in [4.69, 9.17) is 14.0 Å². The van der Waals surface area contributed by atoms with Gasteiger partial charge < -0.3 is 19.3 Å². The SMILES string of the molecule is COCCOc1cccc(CNC(=O)c2cc(C)on2)c1. The quantitative estimate of drug-likeness (QED) is 0.789. The molecule has 0 atom stereocenters. The molecule has 0 saturated carbocycles. The number of aryl methyl sites for hydroxylation is 1. The van der Waals surface area contributed by atoms with Gasteiger partial charge in [0.05, 0.1) is 6.61 Å². The third-order valence-corrected chi connectivity index (χ3v) is 2.77. The minimum atomic E-state index is -0.266. The highest BCUT2D eigenvalue weighted by molar-refractivity contribution is 5.92. The van der Waals surface area contributed by atoms with Crippen LogP contribution in [-0.4, -0.2) is 31.4 Å². The number of carbonyl (C=O) groups excluding carboxylic acids is 1. The van der Waals surface area contributed by atoms with Crippen molar-refractivity contribution in [2.45, 2.75) is 13.5 Å². The number of rotatable bonds is 7. The third kappa shape index (κ3) is 4.61. The van der Waals surface area contributed by atoms with E-state index in [0.29, 0.717) is 25.5 Å². The molecule has 0 unspecified atom stereocenters. The zero-order valence-electron chi connectivity index (χ0n) is 12.1. The molecule has 0 radical (unpaired) electrons. The zero-order valence-corrected chi connectivity index (χ0v) is 12.1. The fraction of sp³-hybridized carbons (Fsp3) is 0.333. The summed E-state index contributed by atoms with van der Waals surface area (Å²) in [6.07, 6.45) is 0. The van der Waals surface area contributed by atoms with Gasteiger partial charge in [-0.25, -0.2) is 0 Å². The van der Waals surface area contributed by atoms with Crippen LogP contribution < -0.4 is 10.1 Å². The molecule has 6 nitrogen and oxygen atoms in total. The van der Waals surface area contributed by atoms with E-state index in [0.717, 1.165) is 11.3 Å². The molecule has 0 bridgehead atoms. The normalized spacial score (nSPS) is 10.4. The van der Waals surface area contributed by atoms with Crippen molar-refractivity contribution in [1.82, 2.24) is 10.5 Å². The highest BCUT2D eigenvalue weighted by Gasteiger charge is 2.10. The minimum absolute atomic E-state index is 0.266. The summed E-state index contributed by atoms with van der Waals surface area (Å²) in [6.45, 7) is 3.16. The van der Waals surface area contributed by atoms with Crippen LogP contribution in [0.3, 0.4) is 0 Å². The Morgan fingerprint density at radius 1 is 1.33 bits per heavy atom. The molecule has 0 aliphatic rings. The maximum atomic E-state index is 11.8. The van der Waals surface area contributed by atoms with Crippen LogP contribution in [0.15, 0.2) is 34.9 Å². The number of hydrogen-bond acceptors (Lipinski definition) is 5. The van der Waals surface area contributed by atoms with Gasteiger partial charge in [0, 0.05) is 19.7 Å². The van der Waals surface area contributed by atoms with E-state index in [-0.39, 0.29) is 11.6 Å². The molecule has 21 heavy (non-hydrogen) atoms. The molecule has 0 aliphatic carbocycles. The maximum Gasteiger partial charge on any atom is 0.273 e. The lowest BCUT2D eigenvalue weighted by molar-refractivity contribution is 0.0941. The first-order valence-electron chi connectivity index (χ1n) is 6.61. The van der Waals surface area contributed by atoms with Gasteiger partial charge in [-0.2, -0.15) is 0 Å². The summed E-state index contributed by atoms with van der Waals surface area (Å²) in [7, 11) is 1.63. The summed E-state index contributed by atoms with van der Waals surface area (Å²) in [5.41, 5.74) is 1.22. The summed E-state index contributed by atoms with van der Waals surface area (Å²) < 4.78 is 15.3. The molecule has 2 aromatic rings. The molecule has 1 heterocycles. The Bertz CT molecular complexity index is 595. The first-order chi connectivity index (χ1) is 10.2. The molecule has 0 saturated heterocycles. The highest BCUT2D eigenvalue weighted by atomic mass is 16.5. The average molecular weight is 290 g/mol. The molecule has 2 rings (SSSR count). The molecule has 6 heteroatoms. The number of hydrogen-bond donors (Lipinski definition) is 1. The number of methoxy groups -OCH3 is 1. The number of carbonyl (C=O) groups is 1. The lowest BCUT2D eigenvalue weighted by Gasteiger charge is -2.08. The second kappa shape index (κ2) is 7.44. The number of ether oxygens (including phenoxy) is 2. The Balaban J connectivity index is 1.88. The predicted octanol–water partition coefficient (Wildman–Crippen LogP) is 1.94. The Morgan fingerprint density at radius 3 is 2.90 bits per heavy atom. The van der Waals surface area contributed by atoms with E-state index in [9.17, 15) is 4.79 Å². The molecule has 1 aromatic carbocycles. The van der Waals surface area contributed by atoms with Gasteiger partial charge in [0.1, 0.15) is 18.1 Å². The van der Waals surface area contributed by atoms with E-state index in [1.807, 2.05) is 24.3 Å². The van der Waals surface area contributed by atoms with Crippen LogP contribution in [0.4, 0.5) is 0 Å². The number of amides is 1. The Labute approximate surface area is 123 Å². The molecule has 1 amide bonds.